The number of rotatable bonds is 2. The topological polar surface area (TPSA) is 32.7 Å². The zero-order valence-electron chi connectivity index (χ0n) is 13.2. The van der Waals surface area contributed by atoms with Crippen LogP contribution in [0.15, 0.2) is 24.3 Å². The fourth-order valence-electron chi connectivity index (χ4n) is 3.74. The molecule has 1 aromatic rings. The first-order valence-electron chi connectivity index (χ1n) is 8.00. The van der Waals surface area contributed by atoms with E-state index in [9.17, 15) is 18.3 Å². The van der Waals surface area contributed by atoms with E-state index in [0.717, 1.165) is 50.9 Å². The summed E-state index contributed by atoms with van der Waals surface area (Å²) in [4.78, 5) is 2.22. The Labute approximate surface area is 134 Å². The van der Waals surface area contributed by atoms with Crippen LogP contribution in [-0.2, 0) is 0 Å². The van der Waals surface area contributed by atoms with E-state index >= 15 is 0 Å². The number of anilines is 1. The van der Waals surface area contributed by atoms with Gasteiger partial charge in [0.2, 0.25) is 0 Å². The van der Waals surface area contributed by atoms with Crippen LogP contribution >= 0.6 is 0 Å². The summed E-state index contributed by atoms with van der Waals surface area (Å²) in [6.45, 7) is 3.70. The molecule has 1 spiro atoms. The Morgan fingerprint density at radius 1 is 1.04 bits per heavy atom. The van der Waals surface area contributed by atoms with Crippen molar-refractivity contribution in [1.82, 2.24) is 0 Å². The van der Waals surface area contributed by atoms with Crippen molar-refractivity contribution in [3.63, 3.8) is 0 Å². The molecule has 6 heteroatoms. The molecule has 0 amide bonds. The van der Waals surface area contributed by atoms with Crippen LogP contribution in [-0.4, -0.2) is 30.2 Å². The van der Waals surface area contributed by atoms with E-state index in [1.54, 1.807) is 12.1 Å². The van der Waals surface area contributed by atoms with Gasteiger partial charge in [0.15, 0.2) is 0 Å². The molecular weight excluding hydrogens is 307 g/mol. The first kappa shape index (κ1) is 16.4. The predicted octanol–water partition coefficient (Wildman–Crippen LogP) is 4.11. The van der Waals surface area contributed by atoms with Crippen molar-refractivity contribution < 1.29 is 23.0 Å². The summed E-state index contributed by atoms with van der Waals surface area (Å²) in [5.74, 6) is -0.191. The van der Waals surface area contributed by atoms with E-state index in [1.807, 2.05) is 6.92 Å². The predicted molar refractivity (Wildman–Crippen MR) is 81.5 cm³/mol. The van der Waals surface area contributed by atoms with Crippen molar-refractivity contribution in [1.29, 1.82) is 0 Å². The largest absolute Gasteiger partial charge is 0.573 e. The summed E-state index contributed by atoms with van der Waals surface area (Å²) in [7, 11) is 0. The van der Waals surface area contributed by atoms with E-state index in [0.29, 0.717) is 0 Å². The summed E-state index contributed by atoms with van der Waals surface area (Å²) < 4.78 is 40.5. The van der Waals surface area contributed by atoms with Gasteiger partial charge in [0.05, 0.1) is 5.60 Å². The van der Waals surface area contributed by atoms with Gasteiger partial charge in [-0.2, -0.15) is 0 Å². The molecular formula is C17H22F3NO2. The van der Waals surface area contributed by atoms with Gasteiger partial charge >= 0.3 is 6.36 Å². The third kappa shape index (κ3) is 3.91. The van der Waals surface area contributed by atoms with Crippen LogP contribution in [0.1, 0.15) is 39.0 Å². The standard InChI is InChI=1S/C17H22F3NO2/c1-15(22)6-8-16(9-7-15)10-11-21(12-16)13-2-4-14(5-3-13)23-17(18,19)20/h2-5,22H,6-12H2,1H3. The van der Waals surface area contributed by atoms with Crippen LogP contribution in [0.3, 0.4) is 0 Å². The van der Waals surface area contributed by atoms with E-state index in [-0.39, 0.29) is 11.2 Å². The maximum absolute atomic E-state index is 12.2. The lowest BCUT2D eigenvalue weighted by Crippen LogP contribution is -2.38. The Balaban J connectivity index is 1.63. The average molecular weight is 329 g/mol. The molecule has 1 aliphatic carbocycles. The van der Waals surface area contributed by atoms with Gasteiger partial charge in [-0.3, -0.25) is 0 Å². The van der Waals surface area contributed by atoms with Crippen molar-refractivity contribution in [3.05, 3.63) is 24.3 Å². The molecule has 1 heterocycles. The molecule has 3 rings (SSSR count). The summed E-state index contributed by atoms with van der Waals surface area (Å²) in [5.41, 5.74) is 0.618. The third-order valence-corrected chi connectivity index (χ3v) is 5.26. The minimum absolute atomic E-state index is 0.191. The third-order valence-electron chi connectivity index (χ3n) is 5.26. The van der Waals surface area contributed by atoms with Crippen LogP contribution in [0.25, 0.3) is 0 Å². The molecule has 3 nitrogen and oxygen atoms in total. The summed E-state index contributed by atoms with van der Waals surface area (Å²) in [6, 6.07) is 6.08. The molecule has 1 aliphatic heterocycles. The molecule has 0 aromatic heterocycles. The maximum atomic E-state index is 12.2. The monoisotopic (exact) mass is 329 g/mol. The van der Waals surface area contributed by atoms with Gasteiger partial charge in [0.1, 0.15) is 5.75 Å². The van der Waals surface area contributed by atoms with E-state index < -0.39 is 12.0 Å². The van der Waals surface area contributed by atoms with E-state index in [2.05, 4.69) is 9.64 Å². The van der Waals surface area contributed by atoms with E-state index in [1.165, 1.54) is 12.1 Å². The summed E-state index contributed by atoms with van der Waals surface area (Å²) in [6.07, 6.45) is 0.0675. The van der Waals surface area contributed by atoms with Crippen molar-refractivity contribution >= 4 is 5.69 Å². The zero-order valence-corrected chi connectivity index (χ0v) is 13.2. The highest BCUT2D eigenvalue weighted by molar-refractivity contribution is 5.50. The Bertz CT molecular complexity index is 544. The number of nitrogens with zero attached hydrogens (tertiary/aromatic N) is 1. The second kappa shape index (κ2) is 5.58. The van der Waals surface area contributed by atoms with Crippen LogP contribution in [0.4, 0.5) is 18.9 Å². The molecule has 1 saturated carbocycles. The van der Waals surface area contributed by atoms with Crippen molar-refractivity contribution in [3.8, 4) is 5.75 Å². The Hall–Kier alpha value is -1.43. The van der Waals surface area contributed by atoms with Crippen LogP contribution in [0.5, 0.6) is 5.75 Å². The minimum atomic E-state index is -4.65. The van der Waals surface area contributed by atoms with Gasteiger partial charge in [0, 0.05) is 18.8 Å². The highest BCUT2D eigenvalue weighted by Crippen LogP contribution is 2.47. The molecule has 2 fully saturated rings. The number of hydrogen-bond acceptors (Lipinski definition) is 3. The van der Waals surface area contributed by atoms with Crippen molar-refractivity contribution in [2.45, 2.75) is 51.0 Å². The molecule has 0 unspecified atom stereocenters. The van der Waals surface area contributed by atoms with Gasteiger partial charge < -0.3 is 14.7 Å². The molecule has 0 atom stereocenters. The summed E-state index contributed by atoms with van der Waals surface area (Å²) >= 11 is 0. The lowest BCUT2D eigenvalue weighted by Gasteiger charge is -2.40. The minimum Gasteiger partial charge on any atom is -0.406 e. The van der Waals surface area contributed by atoms with Gasteiger partial charge in [0.25, 0.3) is 0 Å². The fraction of sp³-hybridized carbons (Fsp3) is 0.647. The van der Waals surface area contributed by atoms with Crippen molar-refractivity contribution in [2.24, 2.45) is 5.41 Å². The van der Waals surface area contributed by atoms with Crippen molar-refractivity contribution in [2.75, 3.05) is 18.0 Å². The number of halogens is 3. The van der Waals surface area contributed by atoms with Gasteiger partial charge in [-0.25, -0.2) is 0 Å². The highest BCUT2D eigenvalue weighted by atomic mass is 19.4. The first-order chi connectivity index (χ1) is 10.7. The first-order valence-corrected chi connectivity index (χ1v) is 8.00. The fourth-order valence-corrected chi connectivity index (χ4v) is 3.74. The molecule has 1 saturated heterocycles. The highest BCUT2D eigenvalue weighted by Gasteiger charge is 2.43. The SMILES string of the molecule is CC1(O)CCC2(CCN(c3ccc(OC(F)(F)F)cc3)C2)CC1. The number of alkyl halides is 3. The maximum Gasteiger partial charge on any atom is 0.573 e. The van der Waals surface area contributed by atoms with Gasteiger partial charge in [-0.05, 0) is 68.7 Å². The number of benzene rings is 1. The molecule has 0 radical (unpaired) electrons. The lowest BCUT2D eigenvalue weighted by atomic mass is 9.69. The average Bonchev–Trinajstić information content (AvgIpc) is 2.87. The van der Waals surface area contributed by atoms with Crippen LogP contribution < -0.4 is 9.64 Å². The number of aliphatic hydroxyl groups is 1. The Morgan fingerprint density at radius 3 is 2.22 bits per heavy atom. The molecule has 2 aliphatic rings. The van der Waals surface area contributed by atoms with E-state index in [4.69, 9.17) is 0 Å². The second-order valence-electron chi connectivity index (χ2n) is 7.21. The smallest absolute Gasteiger partial charge is 0.406 e. The molecule has 0 bridgehead atoms. The van der Waals surface area contributed by atoms with Gasteiger partial charge in [-0.15, -0.1) is 13.2 Å². The lowest BCUT2D eigenvalue weighted by molar-refractivity contribution is -0.274. The van der Waals surface area contributed by atoms with Gasteiger partial charge in [-0.1, -0.05) is 0 Å². The Morgan fingerprint density at radius 2 is 1.65 bits per heavy atom. The molecule has 1 aromatic carbocycles. The molecule has 1 N–H and O–H groups in total. The molecule has 23 heavy (non-hydrogen) atoms. The van der Waals surface area contributed by atoms with Crippen LogP contribution in [0.2, 0.25) is 0 Å². The normalized spacial score (nSPS) is 31.6. The number of hydrogen-bond donors (Lipinski definition) is 1. The zero-order chi connectivity index (χ0) is 16.7. The second-order valence-corrected chi connectivity index (χ2v) is 7.21. The quantitative estimate of drug-likeness (QED) is 0.886. The Kier molecular flexibility index (Phi) is 3.99. The summed E-state index contributed by atoms with van der Waals surface area (Å²) in [5, 5.41) is 10.1. The number of ether oxygens (including phenoxy) is 1. The molecule has 128 valence electrons. The van der Waals surface area contributed by atoms with Crippen LogP contribution in [0, 0.1) is 5.41 Å².